The molecule has 104 valence electrons. The van der Waals surface area contributed by atoms with Crippen LogP contribution in [0.2, 0.25) is 0 Å². The van der Waals surface area contributed by atoms with Gasteiger partial charge in [-0.2, -0.15) is 0 Å². The number of aryl methyl sites for hydroxylation is 1. The minimum atomic E-state index is -1.44. The first-order valence-corrected chi connectivity index (χ1v) is 5.75. The Morgan fingerprint density at radius 2 is 2.16 bits per heavy atom. The van der Waals surface area contributed by atoms with Crippen molar-refractivity contribution in [2.24, 2.45) is 0 Å². The normalized spacial score (nSPS) is 13.7. The number of rotatable bonds is 7. The van der Waals surface area contributed by atoms with Crippen LogP contribution in [0.5, 0.6) is 5.75 Å². The molecule has 19 heavy (non-hydrogen) atoms. The van der Waals surface area contributed by atoms with Crippen molar-refractivity contribution in [2.45, 2.75) is 6.42 Å². The third kappa shape index (κ3) is 3.68. The molecule has 1 N–H and O–H groups in total. The summed E-state index contributed by atoms with van der Waals surface area (Å²) in [4.78, 5) is 13.8. The fourth-order valence-corrected chi connectivity index (χ4v) is 1.68. The van der Waals surface area contributed by atoms with E-state index >= 15 is 0 Å². The van der Waals surface area contributed by atoms with Gasteiger partial charge < -0.3 is 14.8 Å². The van der Waals surface area contributed by atoms with E-state index in [4.69, 9.17) is 7.63 Å². The Balaban J connectivity index is 2.22. The maximum absolute atomic E-state index is 8.01. The number of aromatic amines is 1. The molecule has 0 unspecified atom stereocenters. The Hall–Kier alpha value is -1.60. The first-order valence-electron chi connectivity index (χ1n) is 6.75. The molecule has 0 atom stereocenters. The SMILES string of the molecule is [2H]C([2H])(Cc1c[nH]c2ccc(OOOOC)cc12)N(C)C. The van der Waals surface area contributed by atoms with Crippen molar-refractivity contribution in [1.29, 1.82) is 0 Å². The van der Waals surface area contributed by atoms with E-state index in [1.54, 1.807) is 37.3 Å². The molecular weight excluding hydrogens is 248 g/mol. The van der Waals surface area contributed by atoms with Crippen LogP contribution in [0, 0.1) is 0 Å². The molecule has 6 heteroatoms. The fraction of sp³-hybridized carbons (Fsp3) is 0.385. The maximum atomic E-state index is 8.01. The van der Waals surface area contributed by atoms with Crippen LogP contribution >= 0.6 is 0 Å². The second kappa shape index (κ2) is 6.53. The summed E-state index contributed by atoms with van der Waals surface area (Å²) < 4.78 is 16.0. The third-order valence-corrected chi connectivity index (χ3v) is 2.55. The molecule has 0 spiro atoms. The number of H-pyrrole nitrogens is 1. The van der Waals surface area contributed by atoms with E-state index in [0.717, 1.165) is 16.5 Å². The molecule has 0 saturated carbocycles. The molecule has 6 nitrogen and oxygen atoms in total. The summed E-state index contributed by atoms with van der Waals surface area (Å²) >= 11 is 0. The van der Waals surface area contributed by atoms with E-state index in [0.29, 0.717) is 5.75 Å². The zero-order valence-electron chi connectivity index (χ0n) is 13.1. The van der Waals surface area contributed by atoms with Gasteiger partial charge in [0, 0.05) is 31.4 Å². The number of benzene rings is 1. The van der Waals surface area contributed by atoms with Crippen LogP contribution < -0.4 is 4.89 Å². The molecule has 0 fully saturated rings. The number of hydrogen-bond donors (Lipinski definition) is 1. The molecule has 2 rings (SSSR count). The van der Waals surface area contributed by atoms with Crippen molar-refractivity contribution in [3.05, 3.63) is 30.0 Å². The summed E-state index contributed by atoms with van der Waals surface area (Å²) in [6.07, 6.45) is 2.04. The lowest BCUT2D eigenvalue weighted by Crippen LogP contribution is -2.14. The maximum Gasteiger partial charge on any atom is 0.169 e. The Bertz CT molecular complexity index is 601. The first kappa shape index (κ1) is 11.2. The topological polar surface area (TPSA) is 56.0 Å². The molecule has 1 heterocycles. The van der Waals surface area contributed by atoms with Crippen LogP contribution in [0.1, 0.15) is 8.30 Å². The van der Waals surface area contributed by atoms with Gasteiger partial charge in [-0.1, -0.05) is 0 Å². The summed E-state index contributed by atoms with van der Waals surface area (Å²) in [5, 5.41) is 9.40. The number of nitrogens with zero attached hydrogens (tertiary/aromatic N) is 1. The summed E-state index contributed by atoms with van der Waals surface area (Å²) in [7, 11) is 4.71. The predicted octanol–water partition coefficient (Wildman–Crippen LogP) is 2.08. The molecule has 0 radical (unpaired) electrons. The molecule has 0 aliphatic heterocycles. The van der Waals surface area contributed by atoms with Gasteiger partial charge in [0.2, 0.25) is 0 Å². The minimum Gasteiger partial charge on any atom is -0.361 e. The Morgan fingerprint density at radius 1 is 1.32 bits per heavy atom. The van der Waals surface area contributed by atoms with Crippen molar-refractivity contribution in [3.8, 4) is 5.75 Å². The zero-order valence-corrected chi connectivity index (χ0v) is 11.1. The van der Waals surface area contributed by atoms with Crippen LogP contribution in [0.4, 0.5) is 0 Å². The van der Waals surface area contributed by atoms with Gasteiger partial charge in [0.25, 0.3) is 0 Å². The Labute approximate surface area is 114 Å². The minimum absolute atomic E-state index is 0.249. The second-order valence-corrected chi connectivity index (χ2v) is 4.14. The molecule has 0 amide bonds. The molecule has 2 aromatic rings. The molecule has 0 bridgehead atoms. The Kier molecular flexibility index (Phi) is 3.87. The highest BCUT2D eigenvalue weighted by Crippen LogP contribution is 2.24. The van der Waals surface area contributed by atoms with E-state index in [1.165, 1.54) is 7.11 Å². The number of hydrogen-bond acceptors (Lipinski definition) is 5. The van der Waals surface area contributed by atoms with Crippen LogP contribution in [0.25, 0.3) is 10.9 Å². The molecular formula is C13H18N2O4. The third-order valence-electron chi connectivity index (χ3n) is 2.55. The standard InChI is InChI=1S/C13H18N2O4/c1-15(2)7-6-10-9-14-13-5-4-11(8-12(10)13)17-19-18-16-3/h4-5,8-9,14H,6-7H2,1-3H3/i7D2. The monoisotopic (exact) mass is 268 g/mol. The molecule has 0 aliphatic rings. The highest BCUT2D eigenvalue weighted by Gasteiger charge is 2.06. The highest BCUT2D eigenvalue weighted by molar-refractivity contribution is 5.84. The van der Waals surface area contributed by atoms with E-state index in [2.05, 4.69) is 19.9 Å². The van der Waals surface area contributed by atoms with Gasteiger partial charge in [0.1, 0.15) is 0 Å². The van der Waals surface area contributed by atoms with Gasteiger partial charge in [-0.25, -0.2) is 4.89 Å². The first-order chi connectivity index (χ1) is 9.94. The molecule has 1 aromatic heterocycles. The van der Waals surface area contributed by atoms with Crippen molar-refractivity contribution in [3.63, 3.8) is 0 Å². The number of nitrogens with one attached hydrogen (secondary N) is 1. The van der Waals surface area contributed by atoms with Gasteiger partial charge in [-0.3, -0.25) is 0 Å². The number of fused-ring (bicyclic) bond motifs is 1. The zero-order chi connectivity index (χ0) is 15.5. The molecule has 1 aromatic carbocycles. The van der Waals surface area contributed by atoms with Crippen LogP contribution in [-0.4, -0.2) is 37.6 Å². The van der Waals surface area contributed by atoms with E-state index in [9.17, 15) is 0 Å². The summed E-state index contributed by atoms with van der Waals surface area (Å²) in [5.74, 6) is 0.422. The summed E-state index contributed by atoms with van der Waals surface area (Å²) in [6, 6.07) is 5.25. The van der Waals surface area contributed by atoms with Crippen molar-refractivity contribution >= 4 is 10.9 Å². The number of likely N-dealkylation sites (N-methyl/N-ethyl adjacent to an activating group) is 1. The molecule has 0 aliphatic carbocycles. The van der Waals surface area contributed by atoms with Crippen LogP contribution in [0.15, 0.2) is 24.4 Å². The van der Waals surface area contributed by atoms with Gasteiger partial charge >= 0.3 is 0 Å². The van der Waals surface area contributed by atoms with Gasteiger partial charge in [-0.05, 0) is 49.3 Å². The van der Waals surface area contributed by atoms with Gasteiger partial charge in [-0.15, -0.1) is 0 Å². The average molecular weight is 268 g/mol. The average Bonchev–Trinajstić information content (AvgIpc) is 2.81. The number of aromatic nitrogens is 1. The van der Waals surface area contributed by atoms with Gasteiger partial charge in [0.15, 0.2) is 5.75 Å². The van der Waals surface area contributed by atoms with Crippen molar-refractivity contribution in [2.75, 3.05) is 27.7 Å². The van der Waals surface area contributed by atoms with Gasteiger partial charge in [0.05, 0.1) is 7.11 Å². The highest BCUT2D eigenvalue weighted by atomic mass is 17.7. The molecule has 0 saturated heterocycles. The summed E-state index contributed by atoms with van der Waals surface area (Å²) in [5.41, 5.74) is 1.74. The summed E-state index contributed by atoms with van der Waals surface area (Å²) in [6.45, 7) is -1.44. The van der Waals surface area contributed by atoms with Crippen molar-refractivity contribution in [1.82, 2.24) is 9.88 Å². The van der Waals surface area contributed by atoms with E-state index < -0.39 is 6.50 Å². The lowest BCUT2D eigenvalue weighted by Gasteiger charge is -2.08. The predicted molar refractivity (Wildman–Crippen MR) is 70.4 cm³/mol. The quantitative estimate of drug-likeness (QED) is 0.473. The van der Waals surface area contributed by atoms with E-state index in [1.807, 2.05) is 6.07 Å². The smallest absolute Gasteiger partial charge is 0.169 e. The fourth-order valence-electron chi connectivity index (χ4n) is 1.68. The lowest BCUT2D eigenvalue weighted by molar-refractivity contribution is -0.600. The van der Waals surface area contributed by atoms with E-state index in [-0.39, 0.29) is 6.42 Å². The lowest BCUT2D eigenvalue weighted by atomic mass is 10.1. The second-order valence-electron chi connectivity index (χ2n) is 4.14. The largest absolute Gasteiger partial charge is 0.361 e. The van der Waals surface area contributed by atoms with Crippen LogP contribution in [0.3, 0.4) is 0 Å². The Morgan fingerprint density at radius 3 is 2.89 bits per heavy atom. The van der Waals surface area contributed by atoms with Crippen molar-refractivity contribution < 1.29 is 22.6 Å². The van der Waals surface area contributed by atoms with Crippen LogP contribution in [-0.2, 0) is 21.4 Å².